The second-order valence-electron chi connectivity index (χ2n) is 5.86. The lowest BCUT2D eigenvalue weighted by Gasteiger charge is -2.39. The van der Waals surface area contributed by atoms with Crippen LogP contribution in [0.3, 0.4) is 0 Å². The van der Waals surface area contributed by atoms with Gasteiger partial charge in [0, 0.05) is 22.5 Å². The quantitative estimate of drug-likeness (QED) is 0.776. The topological polar surface area (TPSA) is 35.2 Å². The average Bonchev–Trinajstić information content (AvgIpc) is 2.36. The molecule has 1 heterocycles. The summed E-state index contributed by atoms with van der Waals surface area (Å²) in [5.41, 5.74) is 7.34. The largest absolute Gasteiger partial charge is 0.487 e. The van der Waals surface area contributed by atoms with Crippen molar-refractivity contribution in [1.29, 1.82) is 0 Å². The normalized spacial score (nSPS) is 25.8. The number of ether oxygens (including phenoxy) is 1. The van der Waals surface area contributed by atoms with Crippen LogP contribution in [0.5, 0.6) is 5.75 Å². The Bertz CT molecular complexity index is 435. The second kappa shape index (κ2) is 6.27. The van der Waals surface area contributed by atoms with Gasteiger partial charge < -0.3 is 10.5 Å². The summed E-state index contributed by atoms with van der Waals surface area (Å²) in [6.45, 7) is 4.44. The van der Waals surface area contributed by atoms with Gasteiger partial charge in [0.1, 0.15) is 11.4 Å². The average molecular weight is 326 g/mol. The fraction of sp³-hybridized carbons (Fsp3) is 0.625. The summed E-state index contributed by atoms with van der Waals surface area (Å²) in [4.78, 5) is 0. The van der Waals surface area contributed by atoms with E-state index >= 15 is 0 Å². The number of fused-ring (bicyclic) bond motifs is 1. The maximum atomic E-state index is 6.32. The summed E-state index contributed by atoms with van der Waals surface area (Å²) >= 11 is 3.49. The molecule has 0 fully saturated rings. The van der Waals surface area contributed by atoms with Crippen LogP contribution < -0.4 is 10.5 Å². The third-order valence-electron chi connectivity index (χ3n) is 3.94. The minimum absolute atomic E-state index is 0.0809. The molecule has 0 amide bonds. The van der Waals surface area contributed by atoms with E-state index in [1.54, 1.807) is 0 Å². The van der Waals surface area contributed by atoms with Crippen LogP contribution in [0.1, 0.15) is 64.0 Å². The fourth-order valence-corrected chi connectivity index (χ4v) is 3.24. The van der Waals surface area contributed by atoms with Gasteiger partial charge in [-0.2, -0.15) is 0 Å². The minimum atomic E-state index is -0.103. The third-order valence-corrected chi connectivity index (χ3v) is 4.43. The summed E-state index contributed by atoms with van der Waals surface area (Å²) in [6, 6.07) is 6.21. The molecule has 106 valence electrons. The standard InChI is InChI=1S/C16H24BrNO/c1-3-4-5-6-9-16(2)11-14(18)13-10-12(17)7-8-15(13)19-16/h7-8,10,14H,3-6,9,11,18H2,1-2H3/t14-,16?/m1/s1. The molecule has 1 aliphatic heterocycles. The van der Waals surface area contributed by atoms with E-state index in [4.69, 9.17) is 10.5 Å². The summed E-state index contributed by atoms with van der Waals surface area (Å²) in [5, 5.41) is 0. The maximum Gasteiger partial charge on any atom is 0.124 e. The summed E-state index contributed by atoms with van der Waals surface area (Å²) in [5.74, 6) is 0.958. The molecule has 1 aromatic rings. The molecule has 1 aliphatic rings. The van der Waals surface area contributed by atoms with Crippen LogP contribution in [0.2, 0.25) is 0 Å². The zero-order chi connectivity index (χ0) is 13.9. The van der Waals surface area contributed by atoms with E-state index in [-0.39, 0.29) is 11.6 Å². The molecule has 0 radical (unpaired) electrons. The molecule has 2 nitrogen and oxygen atoms in total. The molecule has 1 unspecified atom stereocenters. The van der Waals surface area contributed by atoms with Crippen molar-refractivity contribution >= 4 is 15.9 Å². The molecule has 3 heteroatoms. The van der Waals surface area contributed by atoms with Gasteiger partial charge in [0.2, 0.25) is 0 Å². The van der Waals surface area contributed by atoms with E-state index in [9.17, 15) is 0 Å². The highest BCUT2D eigenvalue weighted by molar-refractivity contribution is 9.10. The number of hydrogen-bond donors (Lipinski definition) is 1. The van der Waals surface area contributed by atoms with Crippen LogP contribution in [0.15, 0.2) is 22.7 Å². The first-order valence-corrected chi connectivity index (χ1v) is 8.07. The Kier molecular flexibility index (Phi) is 4.91. The van der Waals surface area contributed by atoms with Gasteiger partial charge in [-0.3, -0.25) is 0 Å². The Morgan fingerprint density at radius 2 is 2.16 bits per heavy atom. The monoisotopic (exact) mass is 325 g/mol. The van der Waals surface area contributed by atoms with Crippen molar-refractivity contribution in [3.8, 4) is 5.75 Å². The van der Waals surface area contributed by atoms with Gasteiger partial charge in [0.05, 0.1) is 0 Å². The predicted octanol–water partition coefficient (Wildman–Crippen LogP) is 4.96. The van der Waals surface area contributed by atoms with Crippen LogP contribution in [-0.2, 0) is 0 Å². The van der Waals surface area contributed by atoms with Crippen molar-refractivity contribution in [3.63, 3.8) is 0 Å². The van der Waals surface area contributed by atoms with Crippen LogP contribution in [0.25, 0.3) is 0 Å². The van der Waals surface area contributed by atoms with Crippen molar-refractivity contribution in [2.24, 2.45) is 5.73 Å². The Morgan fingerprint density at radius 1 is 1.37 bits per heavy atom. The van der Waals surface area contributed by atoms with E-state index in [1.165, 1.54) is 25.7 Å². The van der Waals surface area contributed by atoms with Gasteiger partial charge in [-0.05, 0) is 38.0 Å². The Hall–Kier alpha value is -0.540. The number of benzene rings is 1. The molecule has 2 atom stereocenters. The SMILES string of the molecule is CCCCCCC1(C)C[C@@H](N)c2cc(Br)ccc2O1. The summed E-state index contributed by atoms with van der Waals surface area (Å²) < 4.78 is 7.29. The van der Waals surface area contributed by atoms with Crippen LogP contribution >= 0.6 is 15.9 Å². The molecular weight excluding hydrogens is 302 g/mol. The first-order valence-electron chi connectivity index (χ1n) is 7.28. The zero-order valence-electron chi connectivity index (χ0n) is 11.9. The Balaban J connectivity index is 2.04. The van der Waals surface area contributed by atoms with E-state index in [0.29, 0.717) is 0 Å². The lowest BCUT2D eigenvalue weighted by atomic mass is 9.85. The molecule has 0 bridgehead atoms. The van der Waals surface area contributed by atoms with Crippen molar-refractivity contribution in [1.82, 2.24) is 0 Å². The minimum Gasteiger partial charge on any atom is -0.487 e. The van der Waals surface area contributed by atoms with Gasteiger partial charge in [-0.1, -0.05) is 42.1 Å². The van der Waals surface area contributed by atoms with E-state index in [2.05, 4.69) is 35.8 Å². The number of unbranched alkanes of at least 4 members (excludes halogenated alkanes) is 3. The summed E-state index contributed by atoms with van der Waals surface area (Å²) in [7, 11) is 0. The lowest BCUT2D eigenvalue weighted by Crippen LogP contribution is -2.40. The fourth-order valence-electron chi connectivity index (χ4n) is 2.86. The smallest absolute Gasteiger partial charge is 0.124 e. The van der Waals surface area contributed by atoms with Gasteiger partial charge in [0.25, 0.3) is 0 Å². The van der Waals surface area contributed by atoms with Gasteiger partial charge in [-0.15, -0.1) is 0 Å². The maximum absolute atomic E-state index is 6.32. The van der Waals surface area contributed by atoms with Gasteiger partial charge in [0.15, 0.2) is 0 Å². The molecule has 0 saturated carbocycles. The van der Waals surface area contributed by atoms with Crippen LogP contribution in [0, 0.1) is 0 Å². The molecule has 0 spiro atoms. The Labute approximate surface area is 124 Å². The highest BCUT2D eigenvalue weighted by Gasteiger charge is 2.35. The van der Waals surface area contributed by atoms with Gasteiger partial charge in [-0.25, -0.2) is 0 Å². The number of rotatable bonds is 5. The highest BCUT2D eigenvalue weighted by atomic mass is 79.9. The van der Waals surface area contributed by atoms with E-state index < -0.39 is 0 Å². The zero-order valence-corrected chi connectivity index (χ0v) is 13.5. The van der Waals surface area contributed by atoms with Gasteiger partial charge >= 0.3 is 0 Å². The molecule has 19 heavy (non-hydrogen) atoms. The molecule has 0 aliphatic carbocycles. The molecule has 0 saturated heterocycles. The van der Waals surface area contributed by atoms with Crippen LogP contribution in [-0.4, -0.2) is 5.60 Å². The highest BCUT2D eigenvalue weighted by Crippen LogP contribution is 2.41. The Morgan fingerprint density at radius 3 is 2.89 bits per heavy atom. The van der Waals surface area contributed by atoms with Crippen molar-refractivity contribution in [3.05, 3.63) is 28.2 Å². The van der Waals surface area contributed by atoms with Crippen molar-refractivity contribution in [2.75, 3.05) is 0 Å². The van der Waals surface area contributed by atoms with Crippen LogP contribution in [0.4, 0.5) is 0 Å². The molecule has 0 aromatic heterocycles. The molecule has 2 N–H and O–H groups in total. The van der Waals surface area contributed by atoms with Crippen molar-refractivity contribution < 1.29 is 4.74 Å². The number of nitrogens with two attached hydrogens (primary N) is 1. The summed E-state index contributed by atoms with van der Waals surface area (Å²) in [6.07, 6.45) is 7.10. The number of hydrogen-bond acceptors (Lipinski definition) is 2. The first kappa shape index (κ1) is 14.9. The first-order chi connectivity index (χ1) is 9.04. The van der Waals surface area contributed by atoms with Crippen molar-refractivity contribution in [2.45, 2.75) is 64.0 Å². The third kappa shape index (κ3) is 3.73. The van der Waals surface area contributed by atoms with E-state index in [0.717, 1.165) is 28.6 Å². The molecule has 2 rings (SSSR count). The number of halogens is 1. The van der Waals surface area contributed by atoms with E-state index in [1.807, 2.05) is 12.1 Å². The lowest BCUT2D eigenvalue weighted by molar-refractivity contribution is 0.0430. The molecular formula is C16H24BrNO. The predicted molar refractivity (Wildman–Crippen MR) is 83.5 cm³/mol. The molecule has 1 aromatic carbocycles. The second-order valence-corrected chi connectivity index (χ2v) is 6.77.